The fourth-order valence-electron chi connectivity index (χ4n) is 1.94. The van der Waals surface area contributed by atoms with E-state index >= 15 is 0 Å². The molecule has 2 aliphatic rings. The number of amides is 1. The van der Waals surface area contributed by atoms with E-state index in [1.165, 1.54) is 19.3 Å². The quantitative estimate of drug-likeness (QED) is 0.735. The van der Waals surface area contributed by atoms with Gasteiger partial charge >= 0.3 is 0 Å². The molecule has 1 heterocycles. The first-order valence-electron chi connectivity index (χ1n) is 5.28. The normalized spacial score (nSPS) is 29.6. The average Bonchev–Trinajstić information content (AvgIpc) is 2.63. The molecule has 2 rings (SSSR count). The predicted molar refractivity (Wildman–Crippen MR) is 59.2 cm³/mol. The van der Waals surface area contributed by atoms with E-state index in [9.17, 15) is 4.79 Å². The van der Waals surface area contributed by atoms with Crippen LogP contribution in [-0.4, -0.2) is 30.1 Å². The van der Waals surface area contributed by atoms with Gasteiger partial charge in [-0.25, -0.2) is 0 Å². The summed E-state index contributed by atoms with van der Waals surface area (Å²) < 4.78 is 0. The van der Waals surface area contributed by atoms with Crippen molar-refractivity contribution in [1.82, 2.24) is 10.6 Å². The Kier molecular flexibility index (Phi) is 3.02. The molecule has 0 aromatic rings. The standard InChI is InChI=1S/C10H18N2OS/c1-10(3-2-4-10)6-11-9(13)8-5-14-7-12-8/h8,12H,2-7H2,1H3,(H,11,13). The Bertz CT molecular complexity index is 222. The van der Waals surface area contributed by atoms with E-state index < -0.39 is 0 Å². The van der Waals surface area contributed by atoms with Crippen LogP contribution in [0.25, 0.3) is 0 Å². The molecule has 1 saturated carbocycles. The van der Waals surface area contributed by atoms with Gasteiger partial charge in [0.05, 0.1) is 6.04 Å². The van der Waals surface area contributed by atoms with E-state index in [-0.39, 0.29) is 11.9 Å². The van der Waals surface area contributed by atoms with Crippen LogP contribution in [0.2, 0.25) is 0 Å². The van der Waals surface area contributed by atoms with E-state index in [4.69, 9.17) is 0 Å². The van der Waals surface area contributed by atoms with Crippen molar-refractivity contribution in [3.05, 3.63) is 0 Å². The maximum Gasteiger partial charge on any atom is 0.238 e. The summed E-state index contributed by atoms with van der Waals surface area (Å²) in [4.78, 5) is 11.6. The number of carbonyl (C=O) groups excluding carboxylic acids is 1. The van der Waals surface area contributed by atoms with Gasteiger partial charge in [-0.2, -0.15) is 0 Å². The highest BCUT2D eigenvalue weighted by Crippen LogP contribution is 2.39. The van der Waals surface area contributed by atoms with Gasteiger partial charge in [-0.1, -0.05) is 13.3 Å². The summed E-state index contributed by atoms with van der Waals surface area (Å²) in [5.41, 5.74) is 0.390. The number of carbonyl (C=O) groups is 1. The van der Waals surface area contributed by atoms with Gasteiger partial charge in [-0.3, -0.25) is 10.1 Å². The lowest BCUT2D eigenvalue weighted by Gasteiger charge is -2.38. The molecular formula is C10H18N2OS. The first-order valence-corrected chi connectivity index (χ1v) is 6.44. The van der Waals surface area contributed by atoms with Crippen LogP contribution in [0.1, 0.15) is 26.2 Å². The minimum absolute atomic E-state index is 0.0451. The van der Waals surface area contributed by atoms with Crippen LogP contribution in [-0.2, 0) is 4.79 Å². The van der Waals surface area contributed by atoms with Crippen LogP contribution in [0.4, 0.5) is 0 Å². The molecular weight excluding hydrogens is 196 g/mol. The molecule has 1 atom stereocenters. The van der Waals surface area contributed by atoms with Crippen molar-refractivity contribution in [2.45, 2.75) is 32.2 Å². The van der Waals surface area contributed by atoms with Gasteiger partial charge in [0.1, 0.15) is 0 Å². The molecule has 4 heteroatoms. The Hall–Kier alpha value is -0.220. The molecule has 0 spiro atoms. The van der Waals surface area contributed by atoms with Crippen molar-refractivity contribution < 1.29 is 4.79 Å². The Morgan fingerprint density at radius 3 is 2.93 bits per heavy atom. The van der Waals surface area contributed by atoms with Crippen molar-refractivity contribution in [2.24, 2.45) is 5.41 Å². The topological polar surface area (TPSA) is 41.1 Å². The second-order valence-corrected chi connectivity index (χ2v) is 5.68. The Morgan fingerprint density at radius 2 is 2.43 bits per heavy atom. The number of hydrogen-bond acceptors (Lipinski definition) is 3. The minimum atomic E-state index is 0.0451. The molecule has 0 aromatic carbocycles. The van der Waals surface area contributed by atoms with Gasteiger partial charge in [0.15, 0.2) is 0 Å². The molecule has 2 fully saturated rings. The summed E-state index contributed by atoms with van der Waals surface area (Å²) in [5, 5.41) is 6.23. The fourth-order valence-corrected chi connectivity index (χ4v) is 2.89. The van der Waals surface area contributed by atoms with Gasteiger partial charge in [-0.15, -0.1) is 11.8 Å². The smallest absolute Gasteiger partial charge is 0.238 e. The van der Waals surface area contributed by atoms with Crippen molar-refractivity contribution in [3.63, 3.8) is 0 Å². The lowest BCUT2D eigenvalue weighted by atomic mass is 9.70. The van der Waals surface area contributed by atoms with E-state index in [0.29, 0.717) is 5.41 Å². The van der Waals surface area contributed by atoms with E-state index in [2.05, 4.69) is 17.6 Å². The van der Waals surface area contributed by atoms with Crippen LogP contribution in [0.3, 0.4) is 0 Å². The molecule has 0 aromatic heterocycles. The second-order valence-electron chi connectivity index (χ2n) is 4.65. The third-order valence-electron chi connectivity index (χ3n) is 3.28. The zero-order valence-corrected chi connectivity index (χ0v) is 9.45. The van der Waals surface area contributed by atoms with E-state index in [1.54, 1.807) is 11.8 Å². The Balaban J connectivity index is 1.71. The minimum Gasteiger partial charge on any atom is -0.354 e. The molecule has 1 aliphatic heterocycles. The molecule has 3 nitrogen and oxygen atoms in total. The summed E-state index contributed by atoms with van der Waals surface area (Å²) >= 11 is 1.79. The first-order chi connectivity index (χ1) is 6.70. The SMILES string of the molecule is CC1(CNC(=O)C2CSCN2)CCC1. The summed E-state index contributed by atoms with van der Waals surface area (Å²) in [6, 6.07) is 0.0451. The van der Waals surface area contributed by atoms with E-state index in [0.717, 1.165) is 18.2 Å². The highest BCUT2D eigenvalue weighted by molar-refractivity contribution is 7.99. The lowest BCUT2D eigenvalue weighted by Crippen LogP contribution is -2.47. The van der Waals surface area contributed by atoms with Crippen molar-refractivity contribution in [2.75, 3.05) is 18.2 Å². The Labute approximate surface area is 89.4 Å². The number of thioether (sulfide) groups is 1. The van der Waals surface area contributed by atoms with Crippen LogP contribution in [0, 0.1) is 5.41 Å². The molecule has 80 valence electrons. The zero-order chi connectivity index (χ0) is 10.0. The maximum atomic E-state index is 11.6. The van der Waals surface area contributed by atoms with Crippen molar-refractivity contribution in [3.8, 4) is 0 Å². The van der Waals surface area contributed by atoms with Crippen molar-refractivity contribution >= 4 is 17.7 Å². The van der Waals surface area contributed by atoms with Gasteiger partial charge < -0.3 is 5.32 Å². The van der Waals surface area contributed by atoms with E-state index in [1.807, 2.05) is 0 Å². The van der Waals surface area contributed by atoms with Crippen LogP contribution in [0.5, 0.6) is 0 Å². The van der Waals surface area contributed by atoms with Gasteiger partial charge in [0.25, 0.3) is 0 Å². The van der Waals surface area contributed by atoms with Crippen molar-refractivity contribution in [1.29, 1.82) is 0 Å². The van der Waals surface area contributed by atoms with Gasteiger partial charge in [0, 0.05) is 18.2 Å². The maximum absolute atomic E-state index is 11.6. The monoisotopic (exact) mass is 214 g/mol. The summed E-state index contributed by atoms with van der Waals surface area (Å²) in [5.74, 6) is 2.01. The summed E-state index contributed by atoms with van der Waals surface area (Å²) in [7, 11) is 0. The average molecular weight is 214 g/mol. The third-order valence-corrected chi connectivity index (χ3v) is 4.22. The molecule has 14 heavy (non-hydrogen) atoms. The van der Waals surface area contributed by atoms with Gasteiger partial charge in [0.2, 0.25) is 5.91 Å². The fraction of sp³-hybridized carbons (Fsp3) is 0.900. The predicted octanol–water partition coefficient (Wildman–Crippen LogP) is 0.955. The highest BCUT2D eigenvalue weighted by Gasteiger charge is 2.33. The molecule has 1 saturated heterocycles. The molecule has 1 aliphatic carbocycles. The zero-order valence-electron chi connectivity index (χ0n) is 8.64. The van der Waals surface area contributed by atoms with Crippen LogP contribution < -0.4 is 10.6 Å². The lowest BCUT2D eigenvalue weighted by molar-refractivity contribution is -0.123. The second kappa shape index (κ2) is 4.11. The molecule has 0 radical (unpaired) electrons. The number of hydrogen-bond donors (Lipinski definition) is 2. The molecule has 0 bridgehead atoms. The first kappa shape index (κ1) is 10.3. The highest BCUT2D eigenvalue weighted by atomic mass is 32.2. The van der Waals surface area contributed by atoms with Gasteiger partial charge in [-0.05, 0) is 18.3 Å². The third kappa shape index (κ3) is 2.23. The summed E-state index contributed by atoms with van der Waals surface area (Å²) in [6.45, 7) is 3.11. The number of rotatable bonds is 3. The summed E-state index contributed by atoms with van der Waals surface area (Å²) in [6.07, 6.45) is 3.85. The number of nitrogens with one attached hydrogen (secondary N) is 2. The molecule has 2 N–H and O–H groups in total. The molecule has 1 amide bonds. The largest absolute Gasteiger partial charge is 0.354 e. The Morgan fingerprint density at radius 1 is 1.64 bits per heavy atom. The van der Waals surface area contributed by atoms with Crippen LogP contribution >= 0.6 is 11.8 Å². The van der Waals surface area contributed by atoms with Crippen LogP contribution in [0.15, 0.2) is 0 Å². The molecule has 1 unspecified atom stereocenters.